The van der Waals surface area contributed by atoms with Crippen LogP contribution in [0, 0.1) is 11.6 Å². The summed E-state index contributed by atoms with van der Waals surface area (Å²) in [6.07, 6.45) is 1.43. The van der Waals surface area contributed by atoms with Gasteiger partial charge >= 0.3 is 0 Å². The summed E-state index contributed by atoms with van der Waals surface area (Å²) >= 11 is 5.44. The van der Waals surface area contributed by atoms with E-state index in [1.54, 1.807) is 13.8 Å². The van der Waals surface area contributed by atoms with Crippen molar-refractivity contribution in [1.29, 1.82) is 0 Å². The van der Waals surface area contributed by atoms with Gasteiger partial charge < -0.3 is 5.32 Å². The normalized spacial score (nSPS) is 11.4. The van der Waals surface area contributed by atoms with E-state index in [2.05, 4.69) is 20.7 Å². The number of aromatic nitrogens is 3. The Hall–Kier alpha value is -2.02. The standard InChI is InChI=1S/C12H11ClF2N4O/c1-12(2,8-5-16-19-18-8)17-11(20)6-3-4-7(13)10(15)9(6)14/h3-5H,1-2H3,(H,17,20)(H,16,18,19). The number of carbonyl (C=O) groups excluding carboxylic acids is 1. The molecule has 0 bridgehead atoms. The Bertz CT molecular complexity index is 643. The molecule has 0 aliphatic carbocycles. The average Bonchev–Trinajstić information content (AvgIpc) is 2.90. The van der Waals surface area contributed by atoms with Gasteiger partial charge in [0.05, 0.1) is 22.3 Å². The fourth-order valence-electron chi connectivity index (χ4n) is 1.62. The average molecular weight is 301 g/mol. The van der Waals surface area contributed by atoms with E-state index in [-0.39, 0.29) is 5.02 Å². The Labute approximate surface area is 118 Å². The van der Waals surface area contributed by atoms with Crippen molar-refractivity contribution in [2.45, 2.75) is 19.4 Å². The van der Waals surface area contributed by atoms with Crippen molar-refractivity contribution in [2.24, 2.45) is 0 Å². The van der Waals surface area contributed by atoms with E-state index in [0.717, 1.165) is 12.1 Å². The van der Waals surface area contributed by atoms with Crippen molar-refractivity contribution in [2.75, 3.05) is 0 Å². The molecule has 2 aromatic rings. The quantitative estimate of drug-likeness (QED) is 0.855. The number of H-pyrrole nitrogens is 1. The molecule has 106 valence electrons. The van der Waals surface area contributed by atoms with Gasteiger partial charge in [0.15, 0.2) is 11.6 Å². The summed E-state index contributed by atoms with van der Waals surface area (Å²) in [5.41, 5.74) is -0.865. The number of rotatable bonds is 3. The van der Waals surface area contributed by atoms with E-state index in [1.165, 1.54) is 6.20 Å². The van der Waals surface area contributed by atoms with Gasteiger partial charge in [-0.3, -0.25) is 4.79 Å². The number of nitrogens with one attached hydrogen (secondary N) is 2. The van der Waals surface area contributed by atoms with Gasteiger partial charge in [-0.05, 0) is 26.0 Å². The first kappa shape index (κ1) is 14.4. The van der Waals surface area contributed by atoms with Crippen molar-refractivity contribution in [1.82, 2.24) is 20.7 Å². The Morgan fingerprint density at radius 3 is 2.65 bits per heavy atom. The second kappa shape index (κ2) is 5.16. The molecule has 0 saturated carbocycles. The molecule has 0 spiro atoms. The number of hydrogen-bond donors (Lipinski definition) is 2. The number of carbonyl (C=O) groups is 1. The summed E-state index contributed by atoms with van der Waals surface area (Å²) in [5.74, 6) is -3.31. The van der Waals surface area contributed by atoms with Crippen LogP contribution in [0.1, 0.15) is 29.9 Å². The number of hydrogen-bond acceptors (Lipinski definition) is 3. The van der Waals surface area contributed by atoms with Crippen LogP contribution in [0.4, 0.5) is 8.78 Å². The minimum Gasteiger partial charge on any atom is -0.341 e. The molecule has 8 heteroatoms. The van der Waals surface area contributed by atoms with Crippen molar-refractivity contribution in [3.05, 3.63) is 46.2 Å². The third kappa shape index (κ3) is 2.62. The van der Waals surface area contributed by atoms with Gasteiger partial charge in [0.1, 0.15) is 5.69 Å². The van der Waals surface area contributed by atoms with Gasteiger partial charge in [-0.15, -0.1) is 0 Å². The van der Waals surface area contributed by atoms with Crippen LogP contribution in [0.5, 0.6) is 0 Å². The lowest BCUT2D eigenvalue weighted by Crippen LogP contribution is -2.41. The van der Waals surface area contributed by atoms with Crippen molar-refractivity contribution >= 4 is 17.5 Å². The monoisotopic (exact) mass is 300 g/mol. The molecule has 1 aromatic heterocycles. The summed E-state index contributed by atoms with van der Waals surface area (Å²) in [4.78, 5) is 12.0. The Kier molecular flexibility index (Phi) is 3.71. The minimum absolute atomic E-state index is 0.380. The molecular weight excluding hydrogens is 290 g/mol. The van der Waals surface area contributed by atoms with E-state index in [0.29, 0.717) is 5.69 Å². The van der Waals surface area contributed by atoms with Crippen LogP contribution in [0.2, 0.25) is 5.02 Å². The van der Waals surface area contributed by atoms with E-state index in [1.807, 2.05) is 0 Å². The first-order valence-corrected chi connectivity index (χ1v) is 6.03. The molecular formula is C12H11ClF2N4O. The third-order valence-electron chi connectivity index (χ3n) is 2.76. The first-order valence-electron chi connectivity index (χ1n) is 5.65. The van der Waals surface area contributed by atoms with E-state index in [4.69, 9.17) is 11.6 Å². The van der Waals surface area contributed by atoms with Gasteiger partial charge in [0.2, 0.25) is 0 Å². The van der Waals surface area contributed by atoms with Crippen molar-refractivity contribution < 1.29 is 13.6 Å². The topological polar surface area (TPSA) is 70.7 Å². The number of nitrogens with zero attached hydrogens (tertiary/aromatic N) is 2. The van der Waals surface area contributed by atoms with Gasteiger partial charge in [-0.1, -0.05) is 11.6 Å². The summed E-state index contributed by atoms with van der Waals surface area (Å²) in [7, 11) is 0. The molecule has 0 aliphatic rings. The largest absolute Gasteiger partial charge is 0.341 e. The molecule has 0 atom stereocenters. The van der Waals surface area contributed by atoms with Crippen LogP contribution >= 0.6 is 11.6 Å². The maximum absolute atomic E-state index is 13.7. The predicted octanol–water partition coefficient (Wildman–Crippen LogP) is 2.40. The summed E-state index contributed by atoms with van der Waals surface area (Å²) < 4.78 is 27.0. The molecule has 2 rings (SSSR count). The lowest BCUT2D eigenvalue weighted by atomic mass is 10.0. The second-order valence-electron chi connectivity index (χ2n) is 4.66. The highest BCUT2D eigenvalue weighted by Crippen LogP contribution is 2.22. The molecule has 20 heavy (non-hydrogen) atoms. The molecule has 2 N–H and O–H groups in total. The van der Waals surface area contributed by atoms with E-state index >= 15 is 0 Å². The van der Waals surface area contributed by atoms with Crippen LogP contribution in [-0.4, -0.2) is 21.3 Å². The van der Waals surface area contributed by atoms with E-state index in [9.17, 15) is 13.6 Å². The van der Waals surface area contributed by atoms with Crippen LogP contribution in [0.25, 0.3) is 0 Å². The van der Waals surface area contributed by atoms with Crippen LogP contribution in [-0.2, 0) is 5.54 Å². The molecule has 0 radical (unpaired) electrons. The molecule has 5 nitrogen and oxygen atoms in total. The molecule has 1 aromatic carbocycles. The summed E-state index contributed by atoms with van der Waals surface area (Å²) in [5, 5.41) is 12.1. The summed E-state index contributed by atoms with van der Waals surface area (Å²) in [6, 6.07) is 2.24. The second-order valence-corrected chi connectivity index (χ2v) is 5.06. The molecule has 0 fully saturated rings. The summed E-state index contributed by atoms with van der Waals surface area (Å²) in [6.45, 7) is 3.32. The van der Waals surface area contributed by atoms with Gasteiger partial charge in [-0.25, -0.2) is 8.78 Å². The minimum atomic E-state index is -1.29. The maximum Gasteiger partial charge on any atom is 0.255 e. The lowest BCUT2D eigenvalue weighted by molar-refractivity contribution is 0.0905. The van der Waals surface area contributed by atoms with Gasteiger partial charge in [0, 0.05) is 0 Å². The number of amides is 1. The maximum atomic E-state index is 13.7. The zero-order valence-corrected chi connectivity index (χ0v) is 11.4. The fraction of sp³-hybridized carbons (Fsp3) is 0.250. The highest BCUT2D eigenvalue weighted by molar-refractivity contribution is 6.30. The lowest BCUT2D eigenvalue weighted by Gasteiger charge is -2.23. The number of halogens is 3. The van der Waals surface area contributed by atoms with Gasteiger partial charge in [0.25, 0.3) is 5.91 Å². The molecule has 0 aliphatic heterocycles. The van der Waals surface area contributed by atoms with Crippen molar-refractivity contribution in [3.8, 4) is 0 Å². The Balaban J connectivity index is 2.27. The van der Waals surface area contributed by atoms with Crippen LogP contribution in [0.3, 0.4) is 0 Å². The third-order valence-corrected chi connectivity index (χ3v) is 3.05. The molecule has 1 amide bonds. The highest BCUT2D eigenvalue weighted by Gasteiger charge is 2.28. The Morgan fingerprint density at radius 2 is 2.05 bits per heavy atom. The number of benzene rings is 1. The fourth-order valence-corrected chi connectivity index (χ4v) is 1.77. The predicted molar refractivity (Wildman–Crippen MR) is 68.2 cm³/mol. The van der Waals surface area contributed by atoms with Gasteiger partial charge in [-0.2, -0.15) is 15.4 Å². The molecule has 1 heterocycles. The zero-order chi connectivity index (χ0) is 14.9. The number of aromatic amines is 1. The molecule has 0 unspecified atom stereocenters. The van der Waals surface area contributed by atoms with E-state index < -0.39 is 28.6 Å². The van der Waals surface area contributed by atoms with Crippen LogP contribution < -0.4 is 5.32 Å². The smallest absolute Gasteiger partial charge is 0.255 e. The SMILES string of the molecule is CC(C)(NC(=O)c1ccc(Cl)c(F)c1F)c1cn[nH]n1. The highest BCUT2D eigenvalue weighted by atomic mass is 35.5. The van der Waals surface area contributed by atoms with Crippen molar-refractivity contribution in [3.63, 3.8) is 0 Å². The first-order chi connectivity index (χ1) is 9.33. The molecule has 0 saturated heterocycles. The van der Waals surface area contributed by atoms with Crippen LogP contribution in [0.15, 0.2) is 18.3 Å². The Morgan fingerprint density at radius 1 is 1.35 bits per heavy atom. The zero-order valence-electron chi connectivity index (χ0n) is 10.7.